The molecule has 1 amide bonds. The van der Waals surface area contributed by atoms with Crippen LogP contribution in [0.1, 0.15) is 22.9 Å². The summed E-state index contributed by atoms with van der Waals surface area (Å²) in [5.41, 5.74) is 2.30. The standard InChI is InChI=1S/C18H19NO2S/c1-2-21-16-6-3-14(4-7-16)5-8-18(20)19-11-9-17-15(13-19)10-12-22-17/h3-8,10,12H,2,9,11,13H2,1H3/b8-5+. The molecule has 0 radical (unpaired) electrons. The third-order valence-corrected chi connectivity index (χ3v) is 4.75. The van der Waals surface area contributed by atoms with Crippen molar-refractivity contribution in [2.24, 2.45) is 0 Å². The minimum atomic E-state index is 0.0748. The molecule has 114 valence electrons. The fourth-order valence-electron chi connectivity index (χ4n) is 2.55. The van der Waals surface area contributed by atoms with Crippen molar-refractivity contribution < 1.29 is 9.53 Å². The number of rotatable bonds is 4. The van der Waals surface area contributed by atoms with Crippen LogP contribution in [0.5, 0.6) is 5.75 Å². The van der Waals surface area contributed by atoms with E-state index in [4.69, 9.17) is 4.74 Å². The van der Waals surface area contributed by atoms with Crippen LogP contribution in [-0.2, 0) is 17.8 Å². The van der Waals surface area contributed by atoms with Crippen molar-refractivity contribution in [3.8, 4) is 5.75 Å². The van der Waals surface area contributed by atoms with E-state index in [1.165, 1.54) is 10.4 Å². The predicted molar refractivity (Wildman–Crippen MR) is 90.1 cm³/mol. The molecule has 0 bridgehead atoms. The molecule has 22 heavy (non-hydrogen) atoms. The number of amides is 1. The van der Waals surface area contributed by atoms with Gasteiger partial charge in [0.25, 0.3) is 0 Å². The van der Waals surface area contributed by atoms with E-state index < -0.39 is 0 Å². The molecule has 0 fully saturated rings. The second kappa shape index (κ2) is 6.79. The molecule has 0 saturated carbocycles. The predicted octanol–water partition coefficient (Wildman–Crippen LogP) is 3.74. The van der Waals surface area contributed by atoms with E-state index in [2.05, 4.69) is 11.4 Å². The highest BCUT2D eigenvalue weighted by Crippen LogP contribution is 2.24. The van der Waals surface area contributed by atoms with Crippen molar-refractivity contribution in [3.05, 3.63) is 57.8 Å². The van der Waals surface area contributed by atoms with Gasteiger partial charge in [0.05, 0.1) is 6.61 Å². The van der Waals surface area contributed by atoms with Crippen LogP contribution in [-0.4, -0.2) is 24.0 Å². The van der Waals surface area contributed by atoms with Crippen LogP contribution in [0.25, 0.3) is 6.08 Å². The summed E-state index contributed by atoms with van der Waals surface area (Å²) >= 11 is 1.79. The molecule has 0 N–H and O–H groups in total. The Morgan fingerprint density at radius 2 is 2.14 bits per heavy atom. The topological polar surface area (TPSA) is 29.5 Å². The molecule has 0 unspecified atom stereocenters. The molecular formula is C18H19NO2S. The summed E-state index contributed by atoms with van der Waals surface area (Å²) in [5.74, 6) is 0.928. The summed E-state index contributed by atoms with van der Waals surface area (Å²) in [4.78, 5) is 15.6. The SMILES string of the molecule is CCOc1ccc(/C=C/C(=O)N2CCc3sccc3C2)cc1. The van der Waals surface area contributed by atoms with Crippen LogP contribution >= 0.6 is 11.3 Å². The second-order valence-corrected chi connectivity index (χ2v) is 6.21. The maximum atomic E-state index is 12.3. The Labute approximate surface area is 134 Å². The average molecular weight is 313 g/mol. The van der Waals surface area contributed by atoms with Gasteiger partial charge in [-0.2, -0.15) is 0 Å². The van der Waals surface area contributed by atoms with E-state index >= 15 is 0 Å². The van der Waals surface area contributed by atoms with Crippen molar-refractivity contribution in [1.82, 2.24) is 4.90 Å². The number of nitrogens with zero attached hydrogens (tertiary/aromatic N) is 1. The van der Waals surface area contributed by atoms with Gasteiger partial charge in [-0.05, 0) is 54.1 Å². The van der Waals surface area contributed by atoms with Crippen molar-refractivity contribution >= 4 is 23.3 Å². The zero-order valence-corrected chi connectivity index (χ0v) is 13.4. The molecule has 1 aliphatic rings. The first-order valence-electron chi connectivity index (χ1n) is 7.51. The van der Waals surface area contributed by atoms with Crippen LogP contribution in [0.4, 0.5) is 0 Å². The average Bonchev–Trinajstić information content (AvgIpc) is 3.01. The van der Waals surface area contributed by atoms with Gasteiger partial charge in [-0.3, -0.25) is 4.79 Å². The fourth-order valence-corrected chi connectivity index (χ4v) is 3.44. The molecule has 2 heterocycles. The highest BCUT2D eigenvalue weighted by atomic mass is 32.1. The monoisotopic (exact) mass is 313 g/mol. The summed E-state index contributed by atoms with van der Waals surface area (Å²) in [6.45, 7) is 4.16. The molecule has 4 heteroatoms. The first-order chi connectivity index (χ1) is 10.8. The van der Waals surface area contributed by atoms with Crippen molar-refractivity contribution in [2.75, 3.05) is 13.2 Å². The third-order valence-electron chi connectivity index (χ3n) is 3.73. The van der Waals surface area contributed by atoms with Gasteiger partial charge in [0.1, 0.15) is 5.75 Å². The van der Waals surface area contributed by atoms with Crippen molar-refractivity contribution in [3.63, 3.8) is 0 Å². The van der Waals surface area contributed by atoms with Gasteiger partial charge in [0, 0.05) is 24.0 Å². The minimum Gasteiger partial charge on any atom is -0.494 e. The highest BCUT2D eigenvalue weighted by molar-refractivity contribution is 7.10. The van der Waals surface area contributed by atoms with Crippen molar-refractivity contribution in [2.45, 2.75) is 19.9 Å². The van der Waals surface area contributed by atoms with E-state index in [0.29, 0.717) is 6.61 Å². The molecule has 1 aliphatic heterocycles. The van der Waals surface area contributed by atoms with Crippen molar-refractivity contribution in [1.29, 1.82) is 0 Å². The Morgan fingerprint density at radius 3 is 2.91 bits per heavy atom. The summed E-state index contributed by atoms with van der Waals surface area (Å²) in [6, 6.07) is 9.89. The lowest BCUT2D eigenvalue weighted by Crippen LogP contribution is -2.34. The number of fused-ring (bicyclic) bond motifs is 1. The highest BCUT2D eigenvalue weighted by Gasteiger charge is 2.19. The van der Waals surface area contributed by atoms with Gasteiger partial charge in [-0.1, -0.05) is 12.1 Å². The van der Waals surface area contributed by atoms with Crippen LogP contribution in [0, 0.1) is 0 Å². The minimum absolute atomic E-state index is 0.0748. The molecule has 0 aliphatic carbocycles. The third kappa shape index (κ3) is 3.39. The Morgan fingerprint density at radius 1 is 1.32 bits per heavy atom. The first-order valence-corrected chi connectivity index (χ1v) is 8.39. The molecule has 1 aromatic heterocycles. The van der Waals surface area contributed by atoms with Gasteiger partial charge in [-0.15, -0.1) is 11.3 Å². The lowest BCUT2D eigenvalue weighted by molar-refractivity contribution is -0.126. The van der Waals surface area contributed by atoms with Gasteiger partial charge in [0.2, 0.25) is 5.91 Å². The maximum absolute atomic E-state index is 12.3. The Bertz CT molecular complexity index is 673. The van der Waals surface area contributed by atoms with E-state index in [0.717, 1.165) is 30.8 Å². The van der Waals surface area contributed by atoms with Gasteiger partial charge in [0.15, 0.2) is 0 Å². The van der Waals surface area contributed by atoms with Crippen LogP contribution in [0.15, 0.2) is 41.8 Å². The Kier molecular flexibility index (Phi) is 4.59. The molecule has 0 saturated heterocycles. The summed E-state index contributed by atoms with van der Waals surface area (Å²) in [7, 11) is 0. The number of hydrogen-bond acceptors (Lipinski definition) is 3. The summed E-state index contributed by atoms with van der Waals surface area (Å²) in [6.07, 6.45) is 4.49. The normalized spacial score (nSPS) is 14.1. The van der Waals surface area contributed by atoms with Gasteiger partial charge >= 0.3 is 0 Å². The molecule has 0 atom stereocenters. The largest absolute Gasteiger partial charge is 0.494 e. The number of ether oxygens (including phenoxy) is 1. The van der Waals surface area contributed by atoms with E-state index in [1.54, 1.807) is 17.4 Å². The van der Waals surface area contributed by atoms with Gasteiger partial charge in [-0.25, -0.2) is 0 Å². The lowest BCUT2D eigenvalue weighted by atomic mass is 10.1. The molecule has 3 nitrogen and oxygen atoms in total. The number of carbonyl (C=O) groups excluding carboxylic acids is 1. The first kappa shape index (κ1) is 14.9. The van der Waals surface area contributed by atoms with E-state index in [-0.39, 0.29) is 5.91 Å². The smallest absolute Gasteiger partial charge is 0.246 e. The zero-order chi connectivity index (χ0) is 15.4. The molecule has 0 spiro atoms. The van der Waals surface area contributed by atoms with Crippen LogP contribution < -0.4 is 4.74 Å². The van der Waals surface area contributed by atoms with Gasteiger partial charge < -0.3 is 9.64 Å². The lowest BCUT2D eigenvalue weighted by Gasteiger charge is -2.25. The van der Waals surface area contributed by atoms with Crippen LogP contribution in [0.2, 0.25) is 0 Å². The zero-order valence-electron chi connectivity index (χ0n) is 12.6. The van der Waals surface area contributed by atoms with E-state index in [1.807, 2.05) is 42.2 Å². The summed E-state index contributed by atoms with van der Waals surface area (Å²) < 4.78 is 5.41. The molecule has 3 rings (SSSR count). The van der Waals surface area contributed by atoms with Crippen LogP contribution in [0.3, 0.4) is 0 Å². The molecular weight excluding hydrogens is 294 g/mol. The van der Waals surface area contributed by atoms with E-state index in [9.17, 15) is 4.79 Å². The second-order valence-electron chi connectivity index (χ2n) is 5.21. The molecule has 1 aromatic carbocycles. The molecule has 2 aromatic rings. The fraction of sp³-hybridized carbons (Fsp3) is 0.278. The summed E-state index contributed by atoms with van der Waals surface area (Å²) in [5, 5.41) is 2.11. The maximum Gasteiger partial charge on any atom is 0.246 e. The quantitative estimate of drug-likeness (QED) is 0.805. The number of hydrogen-bond donors (Lipinski definition) is 0. The number of benzene rings is 1. The number of thiophene rings is 1. The Balaban J connectivity index is 1.61. The number of carbonyl (C=O) groups is 1. The Hall–Kier alpha value is -2.07.